The number of carbonyl (C=O) groups excluding carboxylic acids is 3. The number of benzene rings is 2. The summed E-state index contributed by atoms with van der Waals surface area (Å²) in [6, 6.07) is 15.5. The number of para-hydroxylation sites is 2. The van der Waals surface area contributed by atoms with E-state index in [9.17, 15) is 14.4 Å². The summed E-state index contributed by atoms with van der Waals surface area (Å²) in [6.07, 6.45) is 0. The SMILES string of the molecule is Cc1cc(C(=O)Nc2ccc(C(=O)N3CC(=O)Nc4ccccc43)cc2)c2c(C)nn(C)c2n1. The van der Waals surface area contributed by atoms with E-state index in [1.165, 1.54) is 4.90 Å². The van der Waals surface area contributed by atoms with E-state index in [4.69, 9.17) is 0 Å². The molecule has 9 nitrogen and oxygen atoms in total. The van der Waals surface area contributed by atoms with Gasteiger partial charge in [0, 0.05) is 24.0 Å². The van der Waals surface area contributed by atoms with Gasteiger partial charge in [0.05, 0.1) is 28.0 Å². The normalized spacial score (nSPS) is 12.9. The van der Waals surface area contributed by atoms with Crippen LogP contribution in [0.5, 0.6) is 0 Å². The van der Waals surface area contributed by atoms with Gasteiger partial charge < -0.3 is 10.6 Å². The van der Waals surface area contributed by atoms with E-state index in [0.717, 1.165) is 5.69 Å². The van der Waals surface area contributed by atoms with Gasteiger partial charge in [0.2, 0.25) is 5.91 Å². The number of nitrogens with one attached hydrogen (secondary N) is 2. The molecule has 170 valence electrons. The van der Waals surface area contributed by atoms with Crippen molar-refractivity contribution in [2.75, 3.05) is 22.1 Å². The van der Waals surface area contributed by atoms with Gasteiger partial charge in [-0.05, 0) is 56.3 Å². The van der Waals surface area contributed by atoms with Crippen LogP contribution in [0.1, 0.15) is 32.1 Å². The largest absolute Gasteiger partial charge is 0.323 e. The minimum atomic E-state index is -0.294. The molecule has 0 saturated carbocycles. The molecule has 0 saturated heterocycles. The number of hydrogen-bond acceptors (Lipinski definition) is 5. The molecule has 0 aliphatic carbocycles. The molecule has 34 heavy (non-hydrogen) atoms. The van der Waals surface area contributed by atoms with Crippen molar-refractivity contribution in [3.05, 3.63) is 77.1 Å². The maximum atomic E-state index is 13.1. The summed E-state index contributed by atoms with van der Waals surface area (Å²) in [6.45, 7) is 3.61. The first kappa shape index (κ1) is 21.3. The van der Waals surface area contributed by atoms with Crippen molar-refractivity contribution in [1.82, 2.24) is 14.8 Å². The summed E-state index contributed by atoms with van der Waals surface area (Å²) in [5, 5.41) is 10.8. The molecule has 0 spiro atoms. The number of hydrogen-bond donors (Lipinski definition) is 2. The number of carbonyl (C=O) groups is 3. The summed E-state index contributed by atoms with van der Waals surface area (Å²) in [4.78, 5) is 44.2. The molecule has 5 rings (SSSR count). The van der Waals surface area contributed by atoms with Gasteiger partial charge in [0.1, 0.15) is 6.54 Å². The van der Waals surface area contributed by atoms with Gasteiger partial charge >= 0.3 is 0 Å². The minimum Gasteiger partial charge on any atom is -0.323 e. The molecule has 3 amide bonds. The van der Waals surface area contributed by atoms with E-state index in [-0.39, 0.29) is 24.3 Å². The molecule has 4 aromatic rings. The van der Waals surface area contributed by atoms with Crippen LogP contribution >= 0.6 is 0 Å². The van der Waals surface area contributed by atoms with E-state index >= 15 is 0 Å². The monoisotopic (exact) mass is 454 g/mol. The van der Waals surface area contributed by atoms with Crippen molar-refractivity contribution in [3.63, 3.8) is 0 Å². The topological polar surface area (TPSA) is 109 Å². The predicted molar refractivity (Wildman–Crippen MR) is 129 cm³/mol. The summed E-state index contributed by atoms with van der Waals surface area (Å²) in [5.74, 6) is -0.828. The lowest BCUT2D eigenvalue weighted by Crippen LogP contribution is -2.42. The van der Waals surface area contributed by atoms with Crippen molar-refractivity contribution in [2.45, 2.75) is 13.8 Å². The molecule has 1 aliphatic heterocycles. The third-order valence-electron chi connectivity index (χ3n) is 5.75. The average Bonchev–Trinajstić information content (AvgIpc) is 3.10. The van der Waals surface area contributed by atoms with E-state index < -0.39 is 0 Å². The molecule has 2 N–H and O–H groups in total. The van der Waals surface area contributed by atoms with Crippen molar-refractivity contribution < 1.29 is 14.4 Å². The Bertz CT molecular complexity index is 1470. The van der Waals surface area contributed by atoms with Gasteiger partial charge in [-0.2, -0.15) is 5.10 Å². The fourth-order valence-electron chi connectivity index (χ4n) is 4.21. The lowest BCUT2D eigenvalue weighted by molar-refractivity contribution is -0.115. The molecule has 2 aromatic heterocycles. The molecular formula is C25H22N6O3. The zero-order chi connectivity index (χ0) is 24.0. The van der Waals surface area contributed by atoms with Gasteiger partial charge in [-0.3, -0.25) is 24.0 Å². The average molecular weight is 454 g/mol. The number of aryl methyl sites for hydroxylation is 3. The maximum Gasteiger partial charge on any atom is 0.258 e. The number of fused-ring (bicyclic) bond motifs is 2. The lowest BCUT2D eigenvalue weighted by Gasteiger charge is -2.29. The summed E-state index contributed by atoms with van der Waals surface area (Å²) in [7, 11) is 1.80. The van der Waals surface area contributed by atoms with Gasteiger partial charge in [-0.25, -0.2) is 4.98 Å². The zero-order valence-corrected chi connectivity index (χ0v) is 18.9. The Morgan fingerprint density at radius 2 is 1.79 bits per heavy atom. The molecule has 9 heteroatoms. The maximum absolute atomic E-state index is 13.1. The highest BCUT2D eigenvalue weighted by molar-refractivity contribution is 6.16. The quantitative estimate of drug-likeness (QED) is 0.493. The fraction of sp³-hybridized carbons (Fsp3) is 0.160. The van der Waals surface area contributed by atoms with Crippen molar-refractivity contribution in [1.29, 1.82) is 0 Å². The fourth-order valence-corrected chi connectivity index (χ4v) is 4.21. The van der Waals surface area contributed by atoms with Crippen LogP contribution in [0, 0.1) is 13.8 Å². The second-order valence-corrected chi connectivity index (χ2v) is 8.21. The van der Waals surface area contributed by atoms with Crippen LogP contribution in [-0.2, 0) is 11.8 Å². The molecule has 1 aliphatic rings. The Morgan fingerprint density at radius 3 is 2.56 bits per heavy atom. The number of nitrogens with zero attached hydrogens (tertiary/aromatic N) is 4. The minimum absolute atomic E-state index is 0.0593. The Balaban J connectivity index is 1.39. The highest BCUT2D eigenvalue weighted by atomic mass is 16.2. The van der Waals surface area contributed by atoms with Crippen LogP contribution in [0.4, 0.5) is 17.1 Å². The van der Waals surface area contributed by atoms with E-state index in [0.29, 0.717) is 44.9 Å². The van der Waals surface area contributed by atoms with Crippen molar-refractivity contribution >= 4 is 45.8 Å². The number of rotatable bonds is 3. The highest BCUT2D eigenvalue weighted by Gasteiger charge is 2.27. The molecule has 0 atom stereocenters. The number of amides is 3. The Kier molecular flexibility index (Phi) is 5.09. The first-order valence-corrected chi connectivity index (χ1v) is 10.7. The van der Waals surface area contributed by atoms with Crippen LogP contribution in [0.15, 0.2) is 54.6 Å². The summed E-state index contributed by atoms with van der Waals surface area (Å²) < 4.78 is 1.66. The molecule has 0 fully saturated rings. The number of aromatic nitrogens is 3. The third kappa shape index (κ3) is 3.66. The molecule has 0 bridgehead atoms. The van der Waals surface area contributed by atoms with Crippen LogP contribution in [0.3, 0.4) is 0 Å². The lowest BCUT2D eigenvalue weighted by atomic mass is 10.1. The Morgan fingerprint density at radius 1 is 1.06 bits per heavy atom. The summed E-state index contributed by atoms with van der Waals surface area (Å²) in [5.41, 5.74) is 4.78. The number of pyridine rings is 1. The molecular weight excluding hydrogens is 432 g/mol. The first-order chi connectivity index (χ1) is 16.3. The zero-order valence-electron chi connectivity index (χ0n) is 18.9. The van der Waals surface area contributed by atoms with Crippen LogP contribution in [0.2, 0.25) is 0 Å². The molecule has 0 radical (unpaired) electrons. The molecule has 0 unspecified atom stereocenters. The second-order valence-electron chi connectivity index (χ2n) is 8.21. The van der Waals surface area contributed by atoms with Crippen LogP contribution in [-0.4, -0.2) is 39.0 Å². The van der Waals surface area contributed by atoms with E-state index in [2.05, 4.69) is 20.7 Å². The van der Waals surface area contributed by atoms with E-state index in [1.54, 1.807) is 60.3 Å². The Labute approximate surface area is 195 Å². The van der Waals surface area contributed by atoms with Crippen molar-refractivity contribution in [2.24, 2.45) is 7.05 Å². The predicted octanol–water partition coefficient (Wildman–Crippen LogP) is 3.44. The van der Waals surface area contributed by atoms with Gasteiger partial charge in [-0.1, -0.05) is 12.1 Å². The van der Waals surface area contributed by atoms with Crippen molar-refractivity contribution in [3.8, 4) is 0 Å². The summed E-state index contributed by atoms with van der Waals surface area (Å²) >= 11 is 0. The van der Waals surface area contributed by atoms with Gasteiger partial charge in [0.25, 0.3) is 11.8 Å². The Hall–Kier alpha value is -4.53. The number of anilines is 3. The molecule has 2 aromatic carbocycles. The van der Waals surface area contributed by atoms with Crippen LogP contribution in [0.25, 0.3) is 11.0 Å². The standard InChI is InChI=1S/C25H22N6O3/c1-14-12-18(22-15(2)29-30(3)23(22)26-14)24(33)27-17-10-8-16(9-11-17)25(34)31-13-21(32)28-19-6-4-5-7-20(19)31/h4-12H,13H2,1-3H3,(H,27,33)(H,28,32). The smallest absolute Gasteiger partial charge is 0.258 e. The third-order valence-corrected chi connectivity index (χ3v) is 5.75. The first-order valence-electron chi connectivity index (χ1n) is 10.7. The van der Waals surface area contributed by atoms with Gasteiger partial charge in [-0.15, -0.1) is 0 Å². The highest BCUT2D eigenvalue weighted by Crippen LogP contribution is 2.30. The van der Waals surface area contributed by atoms with Crippen LogP contribution < -0.4 is 15.5 Å². The van der Waals surface area contributed by atoms with E-state index in [1.807, 2.05) is 19.9 Å². The van der Waals surface area contributed by atoms with Gasteiger partial charge in [0.15, 0.2) is 5.65 Å². The molecule has 3 heterocycles. The second kappa shape index (κ2) is 8.11.